The Hall–Kier alpha value is -0.610. The summed E-state index contributed by atoms with van der Waals surface area (Å²) in [5.74, 6) is -0.271. The molecule has 2 atom stereocenters. The van der Waals surface area contributed by atoms with E-state index in [4.69, 9.17) is 4.74 Å². The lowest BCUT2D eigenvalue weighted by Crippen LogP contribution is -2.54. The maximum atomic E-state index is 11.3. The fourth-order valence-corrected chi connectivity index (χ4v) is 2.41. The molecule has 0 aromatic carbocycles. The van der Waals surface area contributed by atoms with Crippen LogP contribution in [0.5, 0.6) is 0 Å². The standard InChI is InChI=1S/C11H19NO3/c1-2-9-7-15-6-5-12(9)10(11(13)14)8-3-4-8/h8-10H,2-7H2,1H3,(H,13,14). The fraction of sp³-hybridized carbons (Fsp3) is 0.909. The van der Waals surface area contributed by atoms with Crippen LogP contribution < -0.4 is 0 Å². The highest BCUT2D eigenvalue weighted by Crippen LogP contribution is 2.37. The first-order chi connectivity index (χ1) is 7.24. The summed E-state index contributed by atoms with van der Waals surface area (Å²) in [6.07, 6.45) is 3.12. The molecule has 0 aromatic heterocycles. The number of hydrogen-bond acceptors (Lipinski definition) is 3. The SMILES string of the molecule is CCC1COCCN1C(C(=O)O)C1CC1. The van der Waals surface area contributed by atoms with Gasteiger partial charge in [-0.2, -0.15) is 0 Å². The van der Waals surface area contributed by atoms with Crippen LogP contribution in [0.2, 0.25) is 0 Å². The van der Waals surface area contributed by atoms with E-state index in [1.807, 2.05) is 0 Å². The van der Waals surface area contributed by atoms with E-state index in [1.165, 1.54) is 0 Å². The van der Waals surface area contributed by atoms with Crippen LogP contribution in [0.25, 0.3) is 0 Å². The average molecular weight is 213 g/mol. The van der Waals surface area contributed by atoms with Crippen LogP contribution in [-0.2, 0) is 9.53 Å². The highest BCUT2D eigenvalue weighted by Gasteiger charge is 2.43. The molecule has 1 N–H and O–H groups in total. The zero-order chi connectivity index (χ0) is 10.8. The predicted molar refractivity (Wildman–Crippen MR) is 55.8 cm³/mol. The van der Waals surface area contributed by atoms with Gasteiger partial charge in [0.15, 0.2) is 0 Å². The third kappa shape index (κ3) is 2.32. The number of nitrogens with zero attached hydrogens (tertiary/aromatic N) is 1. The first-order valence-corrected chi connectivity index (χ1v) is 5.80. The van der Waals surface area contributed by atoms with Crippen molar-refractivity contribution < 1.29 is 14.6 Å². The fourth-order valence-electron chi connectivity index (χ4n) is 2.41. The van der Waals surface area contributed by atoms with Crippen molar-refractivity contribution in [2.75, 3.05) is 19.8 Å². The van der Waals surface area contributed by atoms with Gasteiger partial charge >= 0.3 is 5.97 Å². The molecule has 4 heteroatoms. The topological polar surface area (TPSA) is 49.8 Å². The molecule has 0 radical (unpaired) electrons. The van der Waals surface area contributed by atoms with E-state index in [2.05, 4.69) is 11.8 Å². The first-order valence-electron chi connectivity index (χ1n) is 5.80. The molecule has 2 fully saturated rings. The summed E-state index contributed by atoms with van der Waals surface area (Å²) in [5, 5.41) is 9.27. The Kier molecular flexibility index (Phi) is 3.26. The molecule has 4 nitrogen and oxygen atoms in total. The second-order valence-electron chi connectivity index (χ2n) is 4.50. The van der Waals surface area contributed by atoms with Crippen LogP contribution in [0.4, 0.5) is 0 Å². The van der Waals surface area contributed by atoms with Gasteiger partial charge in [-0.25, -0.2) is 0 Å². The molecular formula is C11H19NO3. The van der Waals surface area contributed by atoms with E-state index < -0.39 is 5.97 Å². The van der Waals surface area contributed by atoms with Gasteiger partial charge in [-0.05, 0) is 25.2 Å². The van der Waals surface area contributed by atoms with Crippen molar-refractivity contribution in [2.45, 2.75) is 38.3 Å². The Morgan fingerprint density at radius 1 is 1.60 bits per heavy atom. The predicted octanol–water partition coefficient (Wildman–Crippen LogP) is 0.960. The highest BCUT2D eigenvalue weighted by atomic mass is 16.5. The van der Waals surface area contributed by atoms with Crippen LogP contribution in [0.1, 0.15) is 26.2 Å². The number of morpholine rings is 1. The van der Waals surface area contributed by atoms with Gasteiger partial charge in [0, 0.05) is 12.6 Å². The molecule has 1 aliphatic carbocycles. The van der Waals surface area contributed by atoms with Crippen molar-refractivity contribution in [3.8, 4) is 0 Å². The molecule has 2 rings (SSSR count). The lowest BCUT2D eigenvalue weighted by Gasteiger charge is -2.39. The molecule has 86 valence electrons. The number of carboxylic acid groups (broad SMARTS) is 1. The molecule has 2 unspecified atom stereocenters. The van der Waals surface area contributed by atoms with Gasteiger partial charge in [-0.3, -0.25) is 9.69 Å². The van der Waals surface area contributed by atoms with Crippen LogP contribution >= 0.6 is 0 Å². The maximum Gasteiger partial charge on any atom is 0.321 e. The summed E-state index contributed by atoms with van der Waals surface area (Å²) in [5.41, 5.74) is 0. The first kappa shape index (κ1) is 10.9. The minimum Gasteiger partial charge on any atom is -0.480 e. The van der Waals surface area contributed by atoms with Gasteiger partial charge < -0.3 is 9.84 Å². The Morgan fingerprint density at radius 2 is 2.33 bits per heavy atom. The number of ether oxygens (including phenoxy) is 1. The second kappa shape index (κ2) is 4.49. The molecule has 0 bridgehead atoms. The Labute approximate surface area is 90.2 Å². The Morgan fingerprint density at radius 3 is 2.87 bits per heavy atom. The lowest BCUT2D eigenvalue weighted by molar-refractivity contribution is -0.148. The summed E-state index contributed by atoms with van der Waals surface area (Å²) in [6.45, 7) is 4.23. The minimum atomic E-state index is -0.655. The normalized spacial score (nSPS) is 30.1. The van der Waals surface area contributed by atoms with Crippen LogP contribution in [-0.4, -0.2) is 47.8 Å². The van der Waals surface area contributed by atoms with Crippen LogP contribution in [0.3, 0.4) is 0 Å². The van der Waals surface area contributed by atoms with Crippen molar-refractivity contribution in [1.82, 2.24) is 4.90 Å². The molecule has 1 aliphatic heterocycles. The molecule has 15 heavy (non-hydrogen) atoms. The summed E-state index contributed by atoms with van der Waals surface area (Å²) in [6, 6.07) is 0.0271. The molecule has 1 saturated carbocycles. The van der Waals surface area contributed by atoms with Gasteiger partial charge in [0.1, 0.15) is 6.04 Å². The largest absolute Gasteiger partial charge is 0.480 e. The van der Waals surface area contributed by atoms with Crippen molar-refractivity contribution >= 4 is 5.97 Å². The van der Waals surface area contributed by atoms with E-state index in [1.54, 1.807) is 0 Å². The van der Waals surface area contributed by atoms with Crippen molar-refractivity contribution in [2.24, 2.45) is 5.92 Å². The smallest absolute Gasteiger partial charge is 0.321 e. The zero-order valence-electron chi connectivity index (χ0n) is 9.19. The zero-order valence-corrected chi connectivity index (χ0v) is 9.19. The van der Waals surface area contributed by atoms with Crippen LogP contribution in [0, 0.1) is 5.92 Å². The van der Waals surface area contributed by atoms with Gasteiger partial charge in [-0.15, -0.1) is 0 Å². The number of hydrogen-bond donors (Lipinski definition) is 1. The molecular weight excluding hydrogens is 194 g/mol. The molecule has 1 saturated heterocycles. The monoisotopic (exact) mass is 213 g/mol. The summed E-state index contributed by atoms with van der Waals surface area (Å²) < 4.78 is 5.40. The second-order valence-corrected chi connectivity index (χ2v) is 4.50. The minimum absolute atomic E-state index is 0.265. The Balaban J connectivity index is 2.06. The highest BCUT2D eigenvalue weighted by molar-refractivity contribution is 5.74. The molecule has 2 aliphatic rings. The average Bonchev–Trinajstić information content (AvgIpc) is 3.03. The summed E-state index contributed by atoms with van der Waals surface area (Å²) in [4.78, 5) is 13.4. The van der Waals surface area contributed by atoms with Gasteiger partial charge in [0.25, 0.3) is 0 Å². The van der Waals surface area contributed by atoms with E-state index in [0.29, 0.717) is 25.2 Å². The van der Waals surface area contributed by atoms with Gasteiger partial charge in [0.05, 0.1) is 13.2 Å². The molecule has 1 heterocycles. The van der Waals surface area contributed by atoms with E-state index in [-0.39, 0.29) is 6.04 Å². The number of carboxylic acids is 1. The van der Waals surface area contributed by atoms with E-state index >= 15 is 0 Å². The number of carbonyl (C=O) groups is 1. The summed E-state index contributed by atoms with van der Waals surface area (Å²) in [7, 11) is 0. The third-order valence-corrected chi connectivity index (χ3v) is 3.42. The van der Waals surface area contributed by atoms with Gasteiger partial charge in [0.2, 0.25) is 0 Å². The van der Waals surface area contributed by atoms with E-state index in [9.17, 15) is 9.90 Å². The van der Waals surface area contributed by atoms with Crippen molar-refractivity contribution in [3.63, 3.8) is 0 Å². The maximum absolute atomic E-state index is 11.3. The number of aliphatic carboxylic acids is 1. The van der Waals surface area contributed by atoms with Crippen LogP contribution in [0.15, 0.2) is 0 Å². The number of rotatable bonds is 4. The third-order valence-electron chi connectivity index (χ3n) is 3.42. The summed E-state index contributed by atoms with van der Waals surface area (Å²) >= 11 is 0. The van der Waals surface area contributed by atoms with Crippen molar-refractivity contribution in [1.29, 1.82) is 0 Å². The van der Waals surface area contributed by atoms with E-state index in [0.717, 1.165) is 25.8 Å². The van der Waals surface area contributed by atoms with Crippen molar-refractivity contribution in [3.05, 3.63) is 0 Å². The molecule has 0 spiro atoms. The molecule has 0 amide bonds. The van der Waals surface area contributed by atoms with Gasteiger partial charge in [-0.1, -0.05) is 6.92 Å². The lowest BCUT2D eigenvalue weighted by atomic mass is 10.1. The molecule has 0 aromatic rings. The Bertz CT molecular complexity index is 240. The quantitative estimate of drug-likeness (QED) is 0.755.